The van der Waals surface area contributed by atoms with Crippen LogP contribution in [0.15, 0.2) is 16.8 Å². The highest BCUT2D eigenvalue weighted by atomic mass is 16.5. The molecule has 0 bridgehead atoms. The lowest BCUT2D eigenvalue weighted by Crippen LogP contribution is -2.44. The molecule has 2 rings (SSSR count). The molecule has 0 aliphatic carbocycles. The number of rotatable bonds is 4. The lowest BCUT2D eigenvalue weighted by Gasteiger charge is -2.34. The molecule has 4 nitrogen and oxygen atoms in total. The summed E-state index contributed by atoms with van der Waals surface area (Å²) in [7, 11) is 0. The first-order chi connectivity index (χ1) is 7.75. The molecule has 0 amide bonds. The number of piperidine rings is 1. The number of aromatic nitrogens is 1. The van der Waals surface area contributed by atoms with Gasteiger partial charge in [-0.2, -0.15) is 0 Å². The second-order valence-corrected chi connectivity index (χ2v) is 4.76. The summed E-state index contributed by atoms with van der Waals surface area (Å²) in [6.07, 6.45) is 4.15. The smallest absolute Gasteiger partial charge is 0.150 e. The minimum absolute atomic E-state index is 0.625. The lowest BCUT2D eigenvalue weighted by molar-refractivity contribution is 0.159. The number of nitrogens with zero attached hydrogens (tertiary/aromatic N) is 2. The third kappa shape index (κ3) is 3.06. The Balaban J connectivity index is 1.69. The maximum absolute atomic E-state index is 5.06. The molecule has 1 saturated heterocycles. The van der Waals surface area contributed by atoms with Gasteiger partial charge < -0.3 is 14.7 Å². The molecule has 1 aromatic rings. The summed E-state index contributed by atoms with van der Waals surface area (Å²) in [4.78, 5) is 2.53. The normalized spacial score (nSPS) is 19.4. The molecule has 1 aliphatic heterocycles. The predicted molar refractivity (Wildman–Crippen MR) is 63.1 cm³/mol. The van der Waals surface area contributed by atoms with Crippen LogP contribution in [0.1, 0.15) is 32.4 Å². The Morgan fingerprint density at radius 1 is 1.50 bits per heavy atom. The quantitative estimate of drug-likeness (QED) is 0.842. The monoisotopic (exact) mass is 223 g/mol. The fraction of sp³-hybridized carbons (Fsp3) is 0.750. The fourth-order valence-corrected chi connectivity index (χ4v) is 2.20. The van der Waals surface area contributed by atoms with Crippen LogP contribution >= 0.6 is 0 Å². The van der Waals surface area contributed by atoms with E-state index in [4.69, 9.17) is 4.52 Å². The van der Waals surface area contributed by atoms with E-state index in [1.54, 1.807) is 6.20 Å². The first kappa shape index (κ1) is 11.6. The van der Waals surface area contributed by atoms with Crippen molar-refractivity contribution in [1.82, 2.24) is 15.4 Å². The first-order valence-corrected chi connectivity index (χ1v) is 6.12. The van der Waals surface area contributed by atoms with Crippen LogP contribution in [0, 0.1) is 0 Å². The molecule has 0 atom stereocenters. The summed E-state index contributed by atoms with van der Waals surface area (Å²) in [6, 6.07) is 3.21. The molecule has 1 aliphatic rings. The molecule has 1 aromatic heterocycles. The van der Waals surface area contributed by atoms with Gasteiger partial charge in [0.05, 0.1) is 12.7 Å². The number of hydrogen-bond acceptors (Lipinski definition) is 4. The Morgan fingerprint density at radius 3 is 2.81 bits per heavy atom. The van der Waals surface area contributed by atoms with Gasteiger partial charge in [0.15, 0.2) is 0 Å². The van der Waals surface area contributed by atoms with E-state index in [0.717, 1.165) is 12.3 Å². The zero-order chi connectivity index (χ0) is 11.4. The lowest BCUT2D eigenvalue weighted by atomic mass is 10.0. The third-order valence-electron chi connectivity index (χ3n) is 3.32. The molecular formula is C12H21N3O. The minimum atomic E-state index is 0.625. The Morgan fingerprint density at radius 2 is 2.25 bits per heavy atom. The average molecular weight is 223 g/mol. The molecule has 2 heterocycles. The molecule has 0 radical (unpaired) electrons. The van der Waals surface area contributed by atoms with Gasteiger partial charge >= 0.3 is 0 Å². The number of likely N-dealkylation sites (tertiary alicyclic amines) is 1. The Kier molecular flexibility index (Phi) is 3.96. The largest absolute Gasteiger partial charge is 0.360 e. The summed E-state index contributed by atoms with van der Waals surface area (Å²) in [6.45, 7) is 7.73. The van der Waals surface area contributed by atoms with Gasteiger partial charge in [-0.25, -0.2) is 0 Å². The summed E-state index contributed by atoms with van der Waals surface area (Å²) in [5.41, 5.74) is 0. The van der Waals surface area contributed by atoms with Crippen molar-refractivity contribution in [2.75, 3.05) is 13.1 Å². The molecule has 0 saturated carbocycles. The average Bonchev–Trinajstić information content (AvgIpc) is 2.80. The number of hydrogen-bond donors (Lipinski definition) is 1. The van der Waals surface area contributed by atoms with Gasteiger partial charge in [0, 0.05) is 18.2 Å². The maximum atomic E-state index is 5.06. The van der Waals surface area contributed by atoms with Crippen LogP contribution in [0.25, 0.3) is 0 Å². The van der Waals surface area contributed by atoms with E-state index >= 15 is 0 Å². The van der Waals surface area contributed by atoms with E-state index < -0.39 is 0 Å². The van der Waals surface area contributed by atoms with Crippen molar-refractivity contribution >= 4 is 0 Å². The van der Waals surface area contributed by atoms with Crippen LogP contribution in [0.4, 0.5) is 0 Å². The molecular weight excluding hydrogens is 202 g/mol. The van der Waals surface area contributed by atoms with E-state index in [2.05, 4.69) is 29.2 Å². The van der Waals surface area contributed by atoms with Crippen LogP contribution in [-0.2, 0) is 6.54 Å². The van der Waals surface area contributed by atoms with Crippen molar-refractivity contribution in [3.05, 3.63) is 18.0 Å². The standard InChI is InChI=1S/C12H21N3O/c1-10(2)15-7-4-11(5-8-15)13-9-12-3-6-14-16-12/h3,6,10-11,13H,4-5,7-9H2,1-2H3. The molecule has 0 unspecified atom stereocenters. The second kappa shape index (κ2) is 5.46. The van der Waals surface area contributed by atoms with Crippen LogP contribution in [0.2, 0.25) is 0 Å². The van der Waals surface area contributed by atoms with Gasteiger partial charge in [-0.15, -0.1) is 0 Å². The summed E-state index contributed by atoms with van der Waals surface area (Å²) >= 11 is 0. The zero-order valence-corrected chi connectivity index (χ0v) is 10.1. The van der Waals surface area contributed by atoms with Crippen molar-refractivity contribution < 1.29 is 4.52 Å². The van der Waals surface area contributed by atoms with E-state index in [1.165, 1.54) is 25.9 Å². The second-order valence-electron chi connectivity index (χ2n) is 4.76. The van der Waals surface area contributed by atoms with Gasteiger partial charge in [-0.1, -0.05) is 5.16 Å². The van der Waals surface area contributed by atoms with Crippen LogP contribution in [0.3, 0.4) is 0 Å². The fourth-order valence-electron chi connectivity index (χ4n) is 2.20. The van der Waals surface area contributed by atoms with E-state index in [1.807, 2.05) is 6.07 Å². The summed E-state index contributed by atoms with van der Waals surface area (Å²) in [5.74, 6) is 0.922. The van der Waals surface area contributed by atoms with Crippen molar-refractivity contribution in [2.45, 2.75) is 45.3 Å². The van der Waals surface area contributed by atoms with Crippen LogP contribution in [0.5, 0.6) is 0 Å². The Bertz CT molecular complexity index is 289. The van der Waals surface area contributed by atoms with E-state index in [-0.39, 0.29) is 0 Å². The van der Waals surface area contributed by atoms with Crippen molar-refractivity contribution in [1.29, 1.82) is 0 Å². The van der Waals surface area contributed by atoms with Gasteiger partial charge in [0.1, 0.15) is 5.76 Å². The van der Waals surface area contributed by atoms with Gasteiger partial charge in [0.25, 0.3) is 0 Å². The Labute approximate surface area is 97.0 Å². The summed E-state index contributed by atoms with van der Waals surface area (Å²) in [5, 5.41) is 7.22. The highest BCUT2D eigenvalue weighted by Gasteiger charge is 2.20. The van der Waals surface area contributed by atoms with Gasteiger partial charge in [-0.05, 0) is 39.8 Å². The topological polar surface area (TPSA) is 41.3 Å². The molecule has 16 heavy (non-hydrogen) atoms. The van der Waals surface area contributed by atoms with Crippen LogP contribution in [-0.4, -0.2) is 35.2 Å². The van der Waals surface area contributed by atoms with Crippen molar-refractivity contribution in [3.63, 3.8) is 0 Å². The Hall–Kier alpha value is -0.870. The van der Waals surface area contributed by atoms with Gasteiger partial charge in [-0.3, -0.25) is 0 Å². The van der Waals surface area contributed by atoms with E-state index in [9.17, 15) is 0 Å². The molecule has 4 heteroatoms. The SMILES string of the molecule is CC(C)N1CCC(NCc2ccno2)CC1. The van der Waals surface area contributed by atoms with Gasteiger partial charge in [0.2, 0.25) is 0 Å². The van der Waals surface area contributed by atoms with Crippen molar-refractivity contribution in [2.24, 2.45) is 0 Å². The highest BCUT2D eigenvalue weighted by molar-refractivity contribution is 4.93. The molecule has 1 N–H and O–H groups in total. The molecule has 90 valence electrons. The number of nitrogens with one attached hydrogen (secondary N) is 1. The third-order valence-corrected chi connectivity index (χ3v) is 3.32. The molecule has 1 fully saturated rings. The highest BCUT2D eigenvalue weighted by Crippen LogP contribution is 2.13. The summed E-state index contributed by atoms with van der Waals surface area (Å²) < 4.78 is 5.06. The minimum Gasteiger partial charge on any atom is -0.360 e. The molecule has 0 aromatic carbocycles. The van der Waals surface area contributed by atoms with E-state index in [0.29, 0.717) is 12.1 Å². The predicted octanol–water partition coefficient (Wildman–Crippen LogP) is 1.64. The van der Waals surface area contributed by atoms with Crippen molar-refractivity contribution in [3.8, 4) is 0 Å². The maximum Gasteiger partial charge on any atom is 0.150 e. The van der Waals surface area contributed by atoms with Crippen LogP contribution < -0.4 is 5.32 Å². The zero-order valence-electron chi connectivity index (χ0n) is 10.1. The molecule has 0 spiro atoms. The first-order valence-electron chi connectivity index (χ1n) is 6.12.